The molecule has 0 radical (unpaired) electrons. The third-order valence-corrected chi connectivity index (χ3v) is 3.50. The molecular weight excluding hydrogens is 186 g/mol. The Morgan fingerprint density at radius 1 is 1.27 bits per heavy atom. The van der Waals surface area contributed by atoms with Crippen LogP contribution in [-0.2, 0) is 10.2 Å². The number of rotatable bonds is 2. The van der Waals surface area contributed by atoms with Crippen molar-refractivity contribution < 1.29 is 4.74 Å². The summed E-state index contributed by atoms with van der Waals surface area (Å²) in [5.74, 6) is 0. The molecule has 0 aliphatic carbocycles. The summed E-state index contributed by atoms with van der Waals surface area (Å²) in [4.78, 5) is 0. The van der Waals surface area contributed by atoms with Crippen LogP contribution in [0.4, 0.5) is 0 Å². The molecule has 0 aromatic heterocycles. The van der Waals surface area contributed by atoms with Crippen molar-refractivity contribution in [1.29, 1.82) is 5.26 Å². The van der Waals surface area contributed by atoms with E-state index in [2.05, 4.69) is 18.2 Å². The van der Waals surface area contributed by atoms with Crippen molar-refractivity contribution in [2.24, 2.45) is 5.41 Å². The summed E-state index contributed by atoms with van der Waals surface area (Å²) in [6.45, 7) is 5.28. The molecule has 1 heterocycles. The molecule has 2 nitrogen and oxygen atoms in total. The average Bonchev–Trinajstić information content (AvgIpc) is 2.17. The van der Waals surface area contributed by atoms with Crippen LogP contribution in [0.15, 0.2) is 30.3 Å². The van der Waals surface area contributed by atoms with Crippen molar-refractivity contribution in [1.82, 2.24) is 0 Å². The lowest BCUT2D eigenvalue weighted by Crippen LogP contribution is -2.56. The molecular formula is C13H15NO. The molecule has 15 heavy (non-hydrogen) atoms. The molecule has 1 aromatic rings. The minimum absolute atomic E-state index is 0.122. The summed E-state index contributed by atoms with van der Waals surface area (Å²) in [5.41, 5.74) is 0.707. The maximum absolute atomic E-state index is 9.25. The van der Waals surface area contributed by atoms with Gasteiger partial charge in [-0.25, -0.2) is 0 Å². The molecule has 0 amide bonds. The number of hydrogen-bond donors (Lipinski definition) is 0. The summed E-state index contributed by atoms with van der Waals surface area (Å²) in [7, 11) is 0. The molecule has 2 heteroatoms. The Bertz CT molecular complexity index is 385. The van der Waals surface area contributed by atoms with Crippen LogP contribution in [0, 0.1) is 16.7 Å². The monoisotopic (exact) mass is 201 g/mol. The smallest absolute Gasteiger partial charge is 0.0695 e. The van der Waals surface area contributed by atoms with E-state index in [9.17, 15) is 5.26 Å². The van der Waals surface area contributed by atoms with Gasteiger partial charge in [-0.3, -0.25) is 0 Å². The SMILES string of the molecule is CC(C)(C#N)C1(c2ccccc2)COC1. The second-order valence-electron chi connectivity index (χ2n) is 4.68. The van der Waals surface area contributed by atoms with Gasteiger partial charge in [0.05, 0.1) is 30.1 Å². The highest BCUT2D eigenvalue weighted by Gasteiger charge is 2.52. The Morgan fingerprint density at radius 2 is 1.87 bits per heavy atom. The van der Waals surface area contributed by atoms with E-state index in [1.807, 2.05) is 32.0 Å². The van der Waals surface area contributed by atoms with Gasteiger partial charge < -0.3 is 4.74 Å². The van der Waals surface area contributed by atoms with Crippen LogP contribution in [0.5, 0.6) is 0 Å². The molecule has 78 valence electrons. The first-order valence-corrected chi connectivity index (χ1v) is 5.17. The van der Waals surface area contributed by atoms with Crippen LogP contribution in [-0.4, -0.2) is 13.2 Å². The van der Waals surface area contributed by atoms with Gasteiger partial charge in [-0.1, -0.05) is 30.3 Å². The van der Waals surface area contributed by atoms with Crippen molar-refractivity contribution in [3.05, 3.63) is 35.9 Å². The molecule has 1 aliphatic heterocycles. The van der Waals surface area contributed by atoms with Crippen LogP contribution in [0.3, 0.4) is 0 Å². The molecule has 0 spiro atoms. The fourth-order valence-electron chi connectivity index (χ4n) is 2.06. The minimum Gasteiger partial charge on any atom is -0.379 e. The second kappa shape index (κ2) is 3.36. The largest absolute Gasteiger partial charge is 0.379 e. The standard InChI is InChI=1S/C13H15NO/c1-12(2,8-14)13(9-15-10-13)11-6-4-3-5-7-11/h3-7H,9-10H2,1-2H3. The quantitative estimate of drug-likeness (QED) is 0.736. The van der Waals surface area contributed by atoms with Gasteiger partial charge in [0, 0.05) is 0 Å². The highest BCUT2D eigenvalue weighted by Crippen LogP contribution is 2.46. The zero-order chi connectivity index (χ0) is 10.9. The van der Waals surface area contributed by atoms with E-state index in [4.69, 9.17) is 4.74 Å². The van der Waals surface area contributed by atoms with Gasteiger partial charge >= 0.3 is 0 Å². The molecule has 1 saturated heterocycles. The summed E-state index contributed by atoms with van der Waals surface area (Å²) >= 11 is 0. The second-order valence-corrected chi connectivity index (χ2v) is 4.68. The molecule has 0 saturated carbocycles. The van der Waals surface area contributed by atoms with E-state index in [1.165, 1.54) is 5.56 Å². The normalized spacial score (nSPS) is 19.0. The third-order valence-electron chi connectivity index (χ3n) is 3.50. The van der Waals surface area contributed by atoms with E-state index in [0.717, 1.165) is 0 Å². The van der Waals surface area contributed by atoms with Crippen LogP contribution < -0.4 is 0 Å². The first kappa shape index (κ1) is 10.2. The Labute approximate surface area is 90.5 Å². The lowest BCUT2D eigenvalue weighted by molar-refractivity contribution is -0.102. The molecule has 0 bridgehead atoms. The summed E-state index contributed by atoms with van der Waals surface area (Å²) in [5, 5.41) is 9.25. The highest BCUT2D eigenvalue weighted by molar-refractivity contribution is 5.33. The molecule has 0 N–H and O–H groups in total. The Hall–Kier alpha value is -1.33. The molecule has 0 atom stereocenters. The first-order chi connectivity index (χ1) is 7.12. The molecule has 0 unspecified atom stereocenters. The zero-order valence-electron chi connectivity index (χ0n) is 9.16. The highest BCUT2D eigenvalue weighted by atomic mass is 16.5. The van der Waals surface area contributed by atoms with Gasteiger partial charge in [0.1, 0.15) is 0 Å². The maximum atomic E-state index is 9.25. The van der Waals surface area contributed by atoms with E-state index in [-0.39, 0.29) is 10.8 Å². The van der Waals surface area contributed by atoms with Crippen LogP contribution in [0.25, 0.3) is 0 Å². The van der Waals surface area contributed by atoms with Gasteiger partial charge in [0.15, 0.2) is 0 Å². The van der Waals surface area contributed by atoms with Crippen LogP contribution in [0.1, 0.15) is 19.4 Å². The fourth-order valence-corrected chi connectivity index (χ4v) is 2.06. The van der Waals surface area contributed by atoms with Gasteiger partial charge in [-0.05, 0) is 19.4 Å². The van der Waals surface area contributed by atoms with E-state index in [1.54, 1.807) is 0 Å². The maximum Gasteiger partial charge on any atom is 0.0695 e. The van der Waals surface area contributed by atoms with Crippen molar-refractivity contribution in [3.8, 4) is 6.07 Å². The number of hydrogen-bond acceptors (Lipinski definition) is 2. The van der Waals surface area contributed by atoms with Gasteiger partial charge in [0.25, 0.3) is 0 Å². The Kier molecular flexibility index (Phi) is 2.28. The number of ether oxygens (including phenoxy) is 1. The van der Waals surface area contributed by atoms with Gasteiger partial charge in [-0.15, -0.1) is 0 Å². The summed E-state index contributed by atoms with van der Waals surface area (Å²) < 4.78 is 5.33. The Balaban J connectivity index is 2.44. The van der Waals surface area contributed by atoms with Crippen molar-refractivity contribution in [2.45, 2.75) is 19.3 Å². The predicted molar refractivity (Wildman–Crippen MR) is 58.3 cm³/mol. The van der Waals surface area contributed by atoms with Gasteiger partial charge in [-0.2, -0.15) is 5.26 Å². The lowest BCUT2D eigenvalue weighted by atomic mass is 9.61. The zero-order valence-corrected chi connectivity index (χ0v) is 9.16. The van der Waals surface area contributed by atoms with Crippen molar-refractivity contribution in [2.75, 3.05) is 13.2 Å². The predicted octanol–water partition coefficient (Wildman–Crippen LogP) is 2.50. The average molecular weight is 201 g/mol. The molecule has 1 fully saturated rings. The van der Waals surface area contributed by atoms with E-state index in [0.29, 0.717) is 13.2 Å². The molecule has 1 aromatic carbocycles. The summed E-state index contributed by atoms with van der Waals surface area (Å²) in [6.07, 6.45) is 0. The van der Waals surface area contributed by atoms with Crippen LogP contribution >= 0.6 is 0 Å². The van der Waals surface area contributed by atoms with Gasteiger partial charge in [0.2, 0.25) is 0 Å². The Morgan fingerprint density at radius 3 is 2.27 bits per heavy atom. The number of nitriles is 1. The number of benzene rings is 1. The number of nitrogens with zero attached hydrogens (tertiary/aromatic N) is 1. The molecule has 2 rings (SSSR count). The fraction of sp³-hybridized carbons (Fsp3) is 0.462. The first-order valence-electron chi connectivity index (χ1n) is 5.17. The minimum atomic E-state index is -0.382. The third kappa shape index (κ3) is 1.35. The van der Waals surface area contributed by atoms with Crippen molar-refractivity contribution in [3.63, 3.8) is 0 Å². The van der Waals surface area contributed by atoms with E-state index < -0.39 is 0 Å². The van der Waals surface area contributed by atoms with Crippen LogP contribution in [0.2, 0.25) is 0 Å². The van der Waals surface area contributed by atoms with Crippen molar-refractivity contribution >= 4 is 0 Å². The van der Waals surface area contributed by atoms with E-state index >= 15 is 0 Å². The summed E-state index contributed by atoms with van der Waals surface area (Å²) in [6, 6.07) is 12.6. The molecule has 1 aliphatic rings. The lowest BCUT2D eigenvalue weighted by Gasteiger charge is -2.49. The topological polar surface area (TPSA) is 33.0 Å².